The fourth-order valence-electron chi connectivity index (χ4n) is 3.46. The van der Waals surface area contributed by atoms with Crippen molar-refractivity contribution in [1.82, 2.24) is 25.4 Å². The molecule has 0 saturated carbocycles. The summed E-state index contributed by atoms with van der Waals surface area (Å²) in [5.41, 5.74) is 8.49. The molecule has 11 heteroatoms. The number of H-pyrrole nitrogens is 1. The number of rotatable bonds is 4. The summed E-state index contributed by atoms with van der Waals surface area (Å²) in [7, 11) is 3.09. The molecule has 5 N–H and O–H groups in total. The lowest BCUT2D eigenvalue weighted by Crippen LogP contribution is -2.58. The van der Waals surface area contributed by atoms with Crippen molar-refractivity contribution >= 4 is 28.8 Å². The summed E-state index contributed by atoms with van der Waals surface area (Å²) in [6, 6.07) is 8.34. The van der Waals surface area contributed by atoms with E-state index in [1.165, 1.54) is 13.1 Å². The van der Waals surface area contributed by atoms with E-state index in [-0.39, 0.29) is 11.7 Å². The molecular weight excluding hydrogens is 403 g/mol. The number of aromatic amines is 1. The Bertz CT molecular complexity index is 1190. The molecule has 10 nitrogen and oxygen atoms in total. The molecule has 31 heavy (non-hydrogen) atoms. The van der Waals surface area contributed by atoms with Crippen LogP contribution in [0.2, 0.25) is 0 Å². The number of nitrogens with zero attached hydrogens (tertiary/aromatic N) is 4. The third-order valence-electron chi connectivity index (χ3n) is 5.13. The van der Waals surface area contributed by atoms with E-state index < -0.39 is 18.4 Å². The van der Waals surface area contributed by atoms with E-state index in [0.717, 1.165) is 5.56 Å². The number of hydrogen-bond acceptors (Lipinski definition) is 7. The second-order valence-electron chi connectivity index (χ2n) is 7.03. The number of benzene rings is 1. The Morgan fingerprint density at radius 2 is 2.13 bits per heavy atom. The van der Waals surface area contributed by atoms with Gasteiger partial charge in [-0.15, -0.1) is 0 Å². The summed E-state index contributed by atoms with van der Waals surface area (Å²) < 4.78 is 19.4. The van der Waals surface area contributed by atoms with E-state index in [9.17, 15) is 9.18 Å². The first-order valence-corrected chi connectivity index (χ1v) is 9.50. The minimum atomic E-state index is -1.04. The first kappa shape index (κ1) is 20.4. The highest BCUT2D eigenvalue weighted by Crippen LogP contribution is 2.26. The Balaban J connectivity index is 1.76. The number of aromatic nitrogens is 3. The molecule has 1 amide bonds. The van der Waals surface area contributed by atoms with Gasteiger partial charge in [-0.3, -0.25) is 10.5 Å². The Hall–Kier alpha value is -3.86. The largest absolute Gasteiger partial charge is 0.434 e. The zero-order valence-electron chi connectivity index (χ0n) is 16.9. The number of amides is 1. The lowest BCUT2D eigenvalue weighted by molar-refractivity contribution is 0.0906. The number of carbonyl (C=O) groups is 1. The van der Waals surface area contributed by atoms with Gasteiger partial charge in [0.25, 0.3) is 0 Å². The highest BCUT2D eigenvalue weighted by Gasteiger charge is 2.37. The van der Waals surface area contributed by atoms with E-state index >= 15 is 0 Å². The lowest BCUT2D eigenvalue weighted by atomic mass is 10.0. The summed E-state index contributed by atoms with van der Waals surface area (Å²) >= 11 is 0. The standard InChI is InChI=1S/C20H21FN8O2/c1-24-20(30)31-15-16(22)26-19(29(2)17(15)23)14-13-11(7-8-25-18(13)28-27-14)9-10-5-3-4-6-12(10)21/h3-8,15,17,22H,9,23H2,1-2H3,(H,24,30)(H,25,27,28). The number of likely N-dealkylation sites (N-methyl/N-ethyl adjacent to an activating group) is 1. The van der Waals surface area contributed by atoms with Crippen molar-refractivity contribution in [3.05, 3.63) is 59.2 Å². The molecule has 0 spiro atoms. The summed E-state index contributed by atoms with van der Waals surface area (Å²) in [5.74, 6) is -0.159. The van der Waals surface area contributed by atoms with Crippen LogP contribution in [-0.4, -0.2) is 64.2 Å². The van der Waals surface area contributed by atoms with Gasteiger partial charge in [-0.1, -0.05) is 18.2 Å². The van der Waals surface area contributed by atoms with Gasteiger partial charge < -0.3 is 20.7 Å². The molecule has 2 atom stereocenters. The van der Waals surface area contributed by atoms with Gasteiger partial charge >= 0.3 is 6.09 Å². The van der Waals surface area contributed by atoms with Crippen molar-refractivity contribution < 1.29 is 13.9 Å². The first-order chi connectivity index (χ1) is 14.9. The number of pyridine rings is 1. The normalized spacial score (nSPS) is 18.8. The quantitative estimate of drug-likeness (QED) is 0.498. The predicted molar refractivity (Wildman–Crippen MR) is 112 cm³/mol. The molecule has 4 rings (SSSR count). The van der Waals surface area contributed by atoms with E-state index in [2.05, 4.69) is 25.5 Å². The van der Waals surface area contributed by atoms with E-state index in [1.807, 2.05) is 0 Å². The van der Waals surface area contributed by atoms with Crippen LogP contribution in [0.5, 0.6) is 0 Å². The van der Waals surface area contributed by atoms with Gasteiger partial charge in [-0.2, -0.15) is 5.10 Å². The molecule has 0 saturated heterocycles. The molecule has 1 aliphatic heterocycles. The van der Waals surface area contributed by atoms with Crippen LogP contribution >= 0.6 is 0 Å². The number of hydrogen-bond donors (Lipinski definition) is 4. The molecule has 3 heterocycles. The Labute approximate surface area is 176 Å². The average molecular weight is 424 g/mol. The van der Waals surface area contributed by atoms with E-state index in [1.54, 1.807) is 42.4 Å². The van der Waals surface area contributed by atoms with Crippen molar-refractivity contribution in [3.63, 3.8) is 0 Å². The molecule has 2 aromatic heterocycles. The molecule has 2 unspecified atom stereocenters. The Kier molecular flexibility index (Phi) is 5.34. The molecule has 0 aliphatic carbocycles. The monoisotopic (exact) mass is 424 g/mol. The SMILES string of the molecule is CNC(=O)OC1C(=N)N=C(c2[nH]nc3nccc(Cc4ccccc4F)c23)N(C)C1N. The fraction of sp³-hybridized carbons (Fsp3) is 0.250. The number of nitrogens with two attached hydrogens (primary N) is 1. The van der Waals surface area contributed by atoms with Crippen molar-refractivity contribution in [2.24, 2.45) is 10.7 Å². The van der Waals surface area contributed by atoms with Gasteiger partial charge in [0.2, 0.25) is 0 Å². The maximum absolute atomic E-state index is 14.2. The van der Waals surface area contributed by atoms with Gasteiger partial charge in [0.15, 0.2) is 23.4 Å². The molecule has 0 fully saturated rings. The maximum atomic E-state index is 14.2. The smallest absolute Gasteiger partial charge is 0.407 e. The number of amidine groups is 2. The molecule has 1 aliphatic rings. The van der Waals surface area contributed by atoms with Crippen LogP contribution < -0.4 is 11.1 Å². The fourth-order valence-corrected chi connectivity index (χ4v) is 3.46. The second-order valence-corrected chi connectivity index (χ2v) is 7.03. The zero-order chi connectivity index (χ0) is 22.1. The molecule has 0 radical (unpaired) electrons. The second kappa shape index (κ2) is 8.11. The van der Waals surface area contributed by atoms with E-state index in [4.69, 9.17) is 15.9 Å². The topological polar surface area (TPSA) is 145 Å². The summed E-state index contributed by atoms with van der Waals surface area (Å²) in [6.45, 7) is 0. The minimum absolute atomic E-state index is 0.202. The van der Waals surface area contributed by atoms with Crippen LogP contribution in [0.15, 0.2) is 41.5 Å². The third-order valence-corrected chi connectivity index (χ3v) is 5.13. The maximum Gasteiger partial charge on any atom is 0.407 e. The van der Waals surface area contributed by atoms with Gasteiger partial charge in [0.1, 0.15) is 17.7 Å². The van der Waals surface area contributed by atoms with Crippen LogP contribution in [0.3, 0.4) is 0 Å². The predicted octanol–water partition coefficient (Wildman–Crippen LogP) is 1.37. The highest BCUT2D eigenvalue weighted by molar-refractivity contribution is 6.14. The van der Waals surface area contributed by atoms with Crippen LogP contribution in [0.1, 0.15) is 16.8 Å². The molecule has 1 aromatic carbocycles. The zero-order valence-corrected chi connectivity index (χ0v) is 16.9. The molecular formula is C20H21FN8O2. The Morgan fingerprint density at radius 3 is 2.87 bits per heavy atom. The number of aliphatic imine (C=N–C) groups is 1. The molecule has 0 bridgehead atoms. The van der Waals surface area contributed by atoms with Crippen molar-refractivity contribution in [3.8, 4) is 0 Å². The number of halogens is 1. The van der Waals surface area contributed by atoms with Crippen molar-refractivity contribution in [2.75, 3.05) is 14.1 Å². The summed E-state index contributed by atoms with van der Waals surface area (Å²) in [6.07, 6.45) is -0.667. The van der Waals surface area contributed by atoms with Gasteiger partial charge in [0.05, 0.1) is 5.39 Å². The number of alkyl carbamates (subject to hydrolysis) is 1. The number of carbonyl (C=O) groups excluding carboxylic acids is 1. The molecule has 3 aromatic rings. The van der Waals surface area contributed by atoms with Crippen molar-refractivity contribution in [1.29, 1.82) is 5.41 Å². The van der Waals surface area contributed by atoms with Crippen LogP contribution in [0.25, 0.3) is 11.0 Å². The number of nitrogens with one attached hydrogen (secondary N) is 3. The number of ether oxygens (including phenoxy) is 1. The van der Waals surface area contributed by atoms with Gasteiger partial charge in [0, 0.05) is 26.7 Å². The lowest BCUT2D eigenvalue weighted by Gasteiger charge is -2.36. The Morgan fingerprint density at radius 1 is 1.35 bits per heavy atom. The van der Waals surface area contributed by atoms with Crippen LogP contribution in [0, 0.1) is 11.2 Å². The van der Waals surface area contributed by atoms with Crippen LogP contribution in [-0.2, 0) is 11.2 Å². The number of fused-ring (bicyclic) bond motifs is 1. The minimum Gasteiger partial charge on any atom is -0.434 e. The van der Waals surface area contributed by atoms with E-state index in [0.29, 0.717) is 34.5 Å². The van der Waals surface area contributed by atoms with Crippen molar-refractivity contribution in [2.45, 2.75) is 18.7 Å². The van der Waals surface area contributed by atoms with Gasteiger partial charge in [-0.05, 0) is 23.3 Å². The summed E-state index contributed by atoms with van der Waals surface area (Å²) in [4.78, 5) is 21.8. The van der Waals surface area contributed by atoms with Gasteiger partial charge in [-0.25, -0.2) is 19.2 Å². The molecule has 160 valence electrons. The summed E-state index contributed by atoms with van der Waals surface area (Å²) in [5, 5.41) is 18.4. The highest BCUT2D eigenvalue weighted by atomic mass is 19.1. The average Bonchev–Trinajstić information content (AvgIpc) is 3.20. The first-order valence-electron chi connectivity index (χ1n) is 9.50. The van der Waals surface area contributed by atoms with Crippen LogP contribution in [0.4, 0.5) is 9.18 Å². The third kappa shape index (κ3) is 3.70.